The Morgan fingerprint density at radius 3 is 2.52 bits per heavy atom. The molecule has 6 heteroatoms. The lowest BCUT2D eigenvalue weighted by molar-refractivity contribution is -0.517. The number of phenols is 1. The zero-order chi connectivity index (χ0) is 18.0. The Hall–Kier alpha value is -2.73. The van der Waals surface area contributed by atoms with Crippen molar-refractivity contribution in [1.29, 1.82) is 0 Å². The average Bonchev–Trinajstić information content (AvgIpc) is 3.10. The van der Waals surface area contributed by atoms with Crippen LogP contribution in [0.2, 0.25) is 0 Å². The molecule has 2 aromatic carbocycles. The molecule has 138 valence electrons. The minimum absolute atomic E-state index is 0. The van der Waals surface area contributed by atoms with E-state index in [4.69, 9.17) is 14.2 Å². The number of pyridine rings is 2. The van der Waals surface area contributed by atoms with E-state index in [1.807, 2.05) is 31.3 Å². The Labute approximate surface area is 166 Å². The van der Waals surface area contributed by atoms with Gasteiger partial charge in [-0.05, 0) is 36.6 Å². The number of aromatic hydroxyl groups is 1. The molecule has 3 heterocycles. The molecule has 1 aliphatic rings. The molecule has 0 atom stereocenters. The average molecular weight is 428 g/mol. The van der Waals surface area contributed by atoms with E-state index < -0.39 is 0 Å². The smallest absolute Gasteiger partial charge is 0.231 e. The van der Waals surface area contributed by atoms with Gasteiger partial charge in [-0.25, -0.2) is 0 Å². The summed E-state index contributed by atoms with van der Waals surface area (Å²) in [4.78, 5) is 0. The molecule has 0 radical (unpaired) electrons. The fourth-order valence-electron chi connectivity index (χ4n) is 3.99. The molecule has 2 aromatic heterocycles. The summed E-state index contributed by atoms with van der Waals surface area (Å²) in [5, 5.41) is 14.7. The van der Waals surface area contributed by atoms with E-state index in [0.717, 1.165) is 49.8 Å². The van der Waals surface area contributed by atoms with E-state index in [1.165, 1.54) is 0 Å². The molecule has 0 fully saturated rings. The van der Waals surface area contributed by atoms with Crippen LogP contribution >= 0.6 is 0 Å². The number of aryl methyl sites for hydroxylation is 2. The zero-order valence-corrected chi connectivity index (χ0v) is 16.8. The zero-order valence-electron chi connectivity index (χ0n) is 15.2. The summed E-state index contributed by atoms with van der Waals surface area (Å²) < 4.78 is 18.5. The van der Waals surface area contributed by atoms with E-state index in [1.54, 1.807) is 13.2 Å². The summed E-state index contributed by atoms with van der Waals surface area (Å²) in [6.45, 7) is 4.34. The van der Waals surface area contributed by atoms with Crippen molar-refractivity contribution in [2.45, 2.75) is 13.8 Å². The third kappa shape index (κ3) is 2.33. The third-order valence-electron chi connectivity index (χ3n) is 5.29. The maximum absolute atomic E-state index is 10.7. The van der Waals surface area contributed by atoms with Crippen molar-refractivity contribution < 1.29 is 40.7 Å². The van der Waals surface area contributed by atoms with Crippen molar-refractivity contribution in [2.24, 2.45) is 0 Å². The van der Waals surface area contributed by atoms with Crippen LogP contribution in [-0.2, 0) is 0 Å². The second-order valence-corrected chi connectivity index (χ2v) is 6.58. The second-order valence-electron chi connectivity index (χ2n) is 6.58. The van der Waals surface area contributed by atoms with Gasteiger partial charge in [0, 0.05) is 23.9 Å². The van der Waals surface area contributed by atoms with Gasteiger partial charge in [0.2, 0.25) is 12.3 Å². The van der Waals surface area contributed by atoms with Crippen LogP contribution in [0.3, 0.4) is 0 Å². The number of fused-ring (bicyclic) bond motifs is 5. The van der Waals surface area contributed by atoms with Crippen LogP contribution in [0.1, 0.15) is 11.3 Å². The molecule has 0 saturated heterocycles. The molecule has 1 aliphatic heterocycles. The van der Waals surface area contributed by atoms with Crippen molar-refractivity contribution in [3.8, 4) is 23.0 Å². The molecule has 0 unspecified atom stereocenters. The number of phenolic OH excluding ortho intramolecular Hbond substituents is 1. The normalized spacial score (nSPS) is 12.6. The maximum Gasteiger partial charge on any atom is 0.231 e. The summed E-state index contributed by atoms with van der Waals surface area (Å²) in [7, 11) is 1.56. The summed E-state index contributed by atoms with van der Waals surface area (Å²) in [6.07, 6.45) is 2.03. The highest BCUT2D eigenvalue weighted by Gasteiger charge is 2.24. The number of rotatable bonds is 1. The minimum atomic E-state index is 0. The first kappa shape index (κ1) is 17.7. The van der Waals surface area contributed by atoms with Crippen LogP contribution in [0, 0.1) is 13.8 Å². The third-order valence-corrected chi connectivity index (χ3v) is 5.29. The highest BCUT2D eigenvalue weighted by molar-refractivity contribution is 6.04. The minimum Gasteiger partial charge on any atom is -1.00 e. The number of hydrogen-bond donors (Lipinski definition) is 1. The van der Waals surface area contributed by atoms with Gasteiger partial charge < -0.3 is 36.3 Å². The van der Waals surface area contributed by atoms with Crippen LogP contribution < -0.4 is 35.6 Å². The fourth-order valence-corrected chi connectivity index (χ4v) is 3.99. The number of benzene rings is 2. The first-order valence-electron chi connectivity index (χ1n) is 8.46. The van der Waals surface area contributed by atoms with Gasteiger partial charge in [-0.1, -0.05) is 0 Å². The van der Waals surface area contributed by atoms with Crippen molar-refractivity contribution in [1.82, 2.24) is 0 Å². The molecular formula is C21H18BrNO4. The molecular weight excluding hydrogens is 410 g/mol. The molecule has 4 aromatic rings. The molecule has 0 bridgehead atoms. The molecule has 27 heavy (non-hydrogen) atoms. The van der Waals surface area contributed by atoms with E-state index in [-0.39, 0.29) is 29.5 Å². The van der Waals surface area contributed by atoms with Gasteiger partial charge in [-0.2, -0.15) is 4.40 Å². The van der Waals surface area contributed by atoms with Crippen LogP contribution in [0.15, 0.2) is 36.5 Å². The number of hydrogen-bond acceptors (Lipinski definition) is 4. The van der Waals surface area contributed by atoms with E-state index >= 15 is 0 Å². The second kappa shape index (κ2) is 6.16. The Balaban J connectivity index is 0.00000180. The predicted octanol–water partition coefficient (Wildman–Crippen LogP) is 0.795. The monoisotopic (exact) mass is 427 g/mol. The SMILES string of the molecule is COc1ccc2c(C)c3c4cc5c(cc4cc[n+]3c(C)c2c1O)OCO5.[Br-]. The number of aromatic nitrogens is 1. The Bertz CT molecular complexity index is 1240. The topological polar surface area (TPSA) is 52.0 Å². The van der Waals surface area contributed by atoms with Crippen LogP contribution in [-0.4, -0.2) is 19.0 Å². The Kier molecular flexibility index (Phi) is 4.03. The van der Waals surface area contributed by atoms with Gasteiger partial charge in [0.25, 0.3) is 0 Å². The van der Waals surface area contributed by atoms with Gasteiger partial charge in [0.1, 0.15) is 0 Å². The molecule has 0 aliphatic carbocycles. The van der Waals surface area contributed by atoms with E-state index in [9.17, 15) is 5.11 Å². The molecule has 5 nitrogen and oxygen atoms in total. The molecule has 0 saturated carbocycles. The number of ether oxygens (including phenoxy) is 3. The molecule has 0 spiro atoms. The van der Waals surface area contributed by atoms with Crippen LogP contribution in [0.25, 0.3) is 27.1 Å². The van der Waals surface area contributed by atoms with Crippen molar-refractivity contribution in [2.75, 3.05) is 13.9 Å². The Morgan fingerprint density at radius 2 is 1.78 bits per heavy atom. The number of halogens is 1. The summed E-state index contributed by atoms with van der Waals surface area (Å²) >= 11 is 0. The van der Waals surface area contributed by atoms with E-state index in [2.05, 4.69) is 17.4 Å². The van der Waals surface area contributed by atoms with Gasteiger partial charge in [0.05, 0.1) is 17.9 Å². The lowest BCUT2D eigenvalue weighted by Gasteiger charge is -2.12. The quantitative estimate of drug-likeness (QED) is 0.277. The van der Waals surface area contributed by atoms with Crippen molar-refractivity contribution in [3.05, 3.63) is 47.8 Å². The standard InChI is InChI=1S/C21H17NO4.BrH/c1-11-14-4-5-16(24-3)21(23)19(14)12(2)22-7-6-13-8-17-18(26-10-25-17)9-15(13)20(11)22;/h4-9H,10H2,1-3H3;1H. The molecule has 5 rings (SSSR count). The van der Waals surface area contributed by atoms with Gasteiger partial charge in [-0.15, -0.1) is 0 Å². The first-order chi connectivity index (χ1) is 12.6. The number of methoxy groups -OCH3 is 1. The molecule has 0 amide bonds. The molecule has 1 N–H and O–H groups in total. The highest BCUT2D eigenvalue weighted by Crippen LogP contribution is 2.40. The van der Waals surface area contributed by atoms with Gasteiger partial charge in [-0.3, -0.25) is 0 Å². The van der Waals surface area contributed by atoms with E-state index in [0.29, 0.717) is 5.75 Å². The van der Waals surface area contributed by atoms with Crippen molar-refractivity contribution in [3.63, 3.8) is 0 Å². The van der Waals surface area contributed by atoms with Gasteiger partial charge in [0.15, 0.2) is 34.9 Å². The summed E-state index contributed by atoms with van der Waals surface area (Å²) in [6, 6.07) is 9.92. The largest absolute Gasteiger partial charge is 1.00 e. The van der Waals surface area contributed by atoms with Crippen molar-refractivity contribution >= 4 is 27.1 Å². The Morgan fingerprint density at radius 1 is 1.04 bits per heavy atom. The van der Waals surface area contributed by atoms with Gasteiger partial charge >= 0.3 is 0 Å². The first-order valence-corrected chi connectivity index (χ1v) is 8.46. The lowest BCUT2D eigenvalue weighted by Crippen LogP contribution is -3.00. The number of nitrogens with zero attached hydrogens (tertiary/aromatic N) is 1. The maximum atomic E-state index is 10.7. The highest BCUT2D eigenvalue weighted by atomic mass is 79.9. The van der Waals surface area contributed by atoms with Crippen LogP contribution in [0.5, 0.6) is 23.0 Å². The van der Waals surface area contributed by atoms with Crippen LogP contribution in [0.4, 0.5) is 0 Å². The lowest BCUT2D eigenvalue weighted by atomic mass is 9.99. The summed E-state index contributed by atoms with van der Waals surface area (Å²) in [5.41, 5.74) is 3.14. The fraction of sp³-hybridized carbons (Fsp3) is 0.190. The predicted molar refractivity (Wildman–Crippen MR) is 98.4 cm³/mol. The summed E-state index contributed by atoms with van der Waals surface area (Å²) in [5.74, 6) is 2.19.